The Morgan fingerprint density at radius 2 is 0.975 bits per heavy atom. The van der Waals surface area contributed by atoms with Gasteiger partial charge in [-0.05, 0) is 69.1 Å². The van der Waals surface area contributed by atoms with Crippen LogP contribution < -0.4 is 0 Å². The number of fused-ring (bicyclic) bond motifs is 11. The predicted molar refractivity (Wildman–Crippen MR) is 174 cm³/mol. The first-order chi connectivity index (χ1) is 19.8. The number of nitrogens with zero attached hydrogens (tertiary/aromatic N) is 1. The predicted octanol–water partition coefficient (Wildman–Crippen LogP) is 11.1. The molecule has 0 saturated heterocycles. The fourth-order valence-corrected chi connectivity index (χ4v) is 7.75. The molecule has 2 heterocycles. The summed E-state index contributed by atoms with van der Waals surface area (Å²) in [7, 11) is 0. The number of para-hydroxylation sites is 1. The van der Waals surface area contributed by atoms with Crippen molar-refractivity contribution in [1.82, 2.24) is 4.57 Å². The Bertz CT molecular complexity index is 2410. The Kier molecular flexibility index (Phi) is 4.55. The molecule has 0 amide bonds. The van der Waals surface area contributed by atoms with Gasteiger partial charge in [-0.15, -0.1) is 11.3 Å². The lowest BCUT2D eigenvalue weighted by Crippen LogP contribution is -1.93. The Hall–Kier alpha value is -4.92. The molecular weight excluding hydrogens is 502 g/mol. The molecule has 0 N–H and O–H groups in total. The van der Waals surface area contributed by atoms with Gasteiger partial charge in [0.25, 0.3) is 0 Å². The van der Waals surface area contributed by atoms with E-state index >= 15 is 0 Å². The van der Waals surface area contributed by atoms with Crippen molar-refractivity contribution in [1.29, 1.82) is 0 Å². The molecule has 0 atom stereocenters. The monoisotopic (exact) mass is 525 g/mol. The summed E-state index contributed by atoms with van der Waals surface area (Å²) in [6.45, 7) is 0. The highest BCUT2D eigenvalue weighted by Crippen LogP contribution is 2.43. The van der Waals surface area contributed by atoms with Crippen LogP contribution in [-0.2, 0) is 0 Å². The van der Waals surface area contributed by atoms with E-state index in [1.165, 1.54) is 80.3 Å². The minimum absolute atomic E-state index is 1.18. The smallest absolute Gasteiger partial charge is 0.0547 e. The maximum Gasteiger partial charge on any atom is 0.0547 e. The third kappa shape index (κ3) is 3.03. The van der Waals surface area contributed by atoms with Crippen molar-refractivity contribution in [2.24, 2.45) is 0 Å². The van der Waals surface area contributed by atoms with E-state index in [9.17, 15) is 0 Å². The van der Waals surface area contributed by atoms with E-state index in [4.69, 9.17) is 0 Å². The molecule has 0 saturated carbocycles. The van der Waals surface area contributed by atoms with Crippen molar-refractivity contribution in [3.05, 3.63) is 140 Å². The van der Waals surface area contributed by atoms with Gasteiger partial charge >= 0.3 is 0 Å². The molecule has 186 valence electrons. The van der Waals surface area contributed by atoms with Crippen LogP contribution in [0.2, 0.25) is 0 Å². The van der Waals surface area contributed by atoms with Crippen LogP contribution >= 0.6 is 11.3 Å². The molecule has 0 aliphatic rings. The van der Waals surface area contributed by atoms with Gasteiger partial charge in [0.15, 0.2) is 0 Å². The molecule has 7 aromatic carbocycles. The van der Waals surface area contributed by atoms with Crippen LogP contribution in [0.4, 0.5) is 0 Å². The van der Waals surface area contributed by atoms with E-state index in [0.29, 0.717) is 0 Å². The van der Waals surface area contributed by atoms with Gasteiger partial charge in [-0.1, -0.05) is 103 Å². The van der Waals surface area contributed by atoms with E-state index in [-0.39, 0.29) is 0 Å². The molecule has 2 heteroatoms. The van der Waals surface area contributed by atoms with Crippen LogP contribution in [0.15, 0.2) is 140 Å². The third-order valence-electron chi connectivity index (χ3n) is 8.40. The first-order valence-electron chi connectivity index (χ1n) is 13.7. The van der Waals surface area contributed by atoms with Gasteiger partial charge in [-0.2, -0.15) is 0 Å². The summed E-state index contributed by atoms with van der Waals surface area (Å²) in [5.41, 5.74) is 6.12. The molecule has 1 nitrogen and oxygen atoms in total. The molecule has 9 aromatic rings. The van der Waals surface area contributed by atoms with Crippen LogP contribution in [0.25, 0.3) is 80.3 Å². The SMILES string of the molecule is c1ccc(-c2ccc(-n3c4ccccc4c4c5ccc6c(ccc7sc8ccccc8c76)c5ccc43)cc2)cc1. The summed E-state index contributed by atoms with van der Waals surface area (Å²) in [6.07, 6.45) is 0. The number of thiophene rings is 1. The first-order valence-corrected chi connectivity index (χ1v) is 14.5. The summed E-state index contributed by atoms with van der Waals surface area (Å²) >= 11 is 1.88. The Balaban J connectivity index is 1.33. The summed E-state index contributed by atoms with van der Waals surface area (Å²) < 4.78 is 5.12. The van der Waals surface area contributed by atoms with E-state index in [2.05, 4.69) is 144 Å². The van der Waals surface area contributed by atoms with Crippen molar-refractivity contribution in [2.75, 3.05) is 0 Å². The topological polar surface area (TPSA) is 4.93 Å². The Morgan fingerprint density at radius 1 is 0.350 bits per heavy atom. The summed E-state index contributed by atoms with van der Waals surface area (Å²) in [4.78, 5) is 0. The molecule has 9 rings (SSSR count). The standard InChI is InChI=1S/C38H23NS/c1-2-8-24(9-3-1)25-14-16-26(17-15-25)39-33-12-6-4-10-31(33)37-29-18-19-30-28(27(29)20-22-34(37)39)21-23-36-38(30)32-11-5-7-13-35(32)40-36/h1-23H. The first kappa shape index (κ1) is 22.0. The molecule has 0 unspecified atom stereocenters. The quantitative estimate of drug-likeness (QED) is 0.198. The molecule has 2 aromatic heterocycles. The van der Waals surface area contributed by atoms with Crippen molar-refractivity contribution in [2.45, 2.75) is 0 Å². The Morgan fingerprint density at radius 3 is 1.80 bits per heavy atom. The van der Waals surface area contributed by atoms with E-state index in [0.717, 1.165) is 0 Å². The lowest BCUT2D eigenvalue weighted by Gasteiger charge is -2.11. The fourth-order valence-electron chi connectivity index (χ4n) is 6.62. The molecule has 0 aliphatic carbocycles. The van der Waals surface area contributed by atoms with Crippen molar-refractivity contribution in [3.8, 4) is 16.8 Å². The zero-order valence-electron chi connectivity index (χ0n) is 21.6. The number of hydrogen-bond donors (Lipinski definition) is 0. The van der Waals surface area contributed by atoms with Crippen LogP contribution in [-0.4, -0.2) is 4.57 Å². The van der Waals surface area contributed by atoms with Crippen LogP contribution in [0.1, 0.15) is 0 Å². The molecule has 0 aliphatic heterocycles. The van der Waals surface area contributed by atoms with Gasteiger partial charge in [0.1, 0.15) is 0 Å². The lowest BCUT2D eigenvalue weighted by atomic mass is 9.96. The second kappa shape index (κ2) is 8.29. The van der Waals surface area contributed by atoms with Crippen LogP contribution in [0.5, 0.6) is 0 Å². The molecule has 0 fully saturated rings. The molecule has 0 radical (unpaired) electrons. The normalized spacial score (nSPS) is 12.0. The maximum absolute atomic E-state index is 2.42. The number of rotatable bonds is 2. The van der Waals surface area contributed by atoms with E-state index in [1.54, 1.807) is 0 Å². The van der Waals surface area contributed by atoms with Gasteiger partial charge in [0.05, 0.1) is 11.0 Å². The highest BCUT2D eigenvalue weighted by molar-refractivity contribution is 7.26. The van der Waals surface area contributed by atoms with Gasteiger partial charge in [-0.25, -0.2) is 0 Å². The second-order valence-corrected chi connectivity index (χ2v) is 11.6. The number of aromatic nitrogens is 1. The highest BCUT2D eigenvalue weighted by Gasteiger charge is 2.17. The highest BCUT2D eigenvalue weighted by atomic mass is 32.1. The van der Waals surface area contributed by atoms with Gasteiger partial charge in [0, 0.05) is 36.6 Å². The second-order valence-electron chi connectivity index (χ2n) is 10.5. The molecule has 40 heavy (non-hydrogen) atoms. The maximum atomic E-state index is 2.42. The minimum atomic E-state index is 1.18. The van der Waals surface area contributed by atoms with Gasteiger partial charge in [-0.3, -0.25) is 0 Å². The van der Waals surface area contributed by atoms with Gasteiger partial charge < -0.3 is 4.57 Å². The minimum Gasteiger partial charge on any atom is -0.309 e. The zero-order chi connectivity index (χ0) is 26.2. The fraction of sp³-hybridized carbons (Fsp3) is 0. The number of hydrogen-bond acceptors (Lipinski definition) is 1. The van der Waals surface area contributed by atoms with E-state index in [1.807, 2.05) is 11.3 Å². The molecular formula is C38H23NS. The van der Waals surface area contributed by atoms with Crippen molar-refractivity contribution in [3.63, 3.8) is 0 Å². The lowest BCUT2D eigenvalue weighted by molar-refractivity contribution is 1.18. The summed E-state index contributed by atoms with van der Waals surface area (Å²) in [6, 6.07) is 51.1. The summed E-state index contributed by atoms with van der Waals surface area (Å²) in [5, 5.41) is 10.6. The van der Waals surface area contributed by atoms with E-state index < -0.39 is 0 Å². The molecule has 0 bridgehead atoms. The largest absolute Gasteiger partial charge is 0.309 e. The molecule has 0 spiro atoms. The van der Waals surface area contributed by atoms with Crippen LogP contribution in [0.3, 0.4) is 0 Å². The van der Waals surface area contributed by atoms with Crippen molar-refractivity contribution >= 4 is 74.9 Å². The Labute approximate surface area is 235 Å². The van der Waals surface area contributed by atoms with Crippen molar-refractivity contribution < 1.29 is 0 Å². The average molecular weight is 526 g/mol. The average Bonchev–Trinajstić information content (AvgIpc) is 3.57. The van der Waals surface area contributed by atoms with Gasteiger partial charge in [0.2, 0.25) is 0 Å². The number of benzene rings is 7. The van der Waals surface area contributed by atoms with Crippen LogP contribution in [0, 0.1) is 0 Å². The third-order valence-corrected chi connectivity index (χ3v) is 9.54. The zero-order valence-corrected chi connectivity index (χ0v) is 22.5. The summed E-state index contributed by atoms with van der Waals surface area (Å²) in [5.74, 6) is 0.